The van der Waals surface area contributed by atoms with Crippen molar-refractivity contribution in [2.45, 2.75) is 25.2 Å². The number of piperidine rings is 1. The largest absolute Gasteiger partial charge is 0.360 e. The molecule has 6 nitrogen and oxygen atoms in total. The maximum atomic E-state index is 12.9. The fraction of sp³-hybridized carbons (Fsp3) is 0.231. The number of carbonyl (C=O) groups is 1. The van der Waals surface area contributed by atoms with Crippen LogP contribution in [0.15, 0.2) is 83.9 Å². The van der Waals surface area contributed by atoms with Gasteiger partial charge in [0.1, 0.15) is 5.76 Å². The van der Waals surface area contributed by atoms with E-state index in [0.29, 0.717) is 19.5 Å². The molecule has 0 aliphatic carbocycles. The molecule has 5 rings (SSSR count). The van der Waals surface area contributed by atoms with Crippen LogP contribution in [0.4, 0.5) is 0 Å². The van der Waals surface area contributed by atoms with Crippen LogP contribution < -0.4 is 0 Å². The quantitative estimate of drug-likeness (QED) is 0.462. The Morgan fingerprint density at radius 3 is 2.41 bits per heavy atom. The van der Waals surface area contributed by atoms with Crippen molar-refractivity contribution in [3.05, 3.63) is 90.7 Å². The average molecular weight is 425 g/mol. The summed E-state index contributed by atoms with van der Waals surface area (Å²) in [5, 5.41) is 3.99. The van der Waals surface area contributed by atoms with Gasteiger partial charge >= 0.3 is 0 Å². The number of rotatable bonds is 5. The van der Waals surface area contributed by atoms with Crippen molar-refractivity contribution < 1.29 is 9.32 Å². The van der Waals surface area contributed by atoms with E-state index in [4.69, 9.17) is 4.52 Å². The molecule has 0 atom stereocenters. The molecule has 0 bridgehead atoms. The number of likely N-dealkylation sites (tertiary alicyclic amines) is 1. The van der Waals surface area contributed by atoms with Gasteiger partial charge in [-0.2, -0.15) is 0 Å². The van der Waals surface area contributed by atoms with E-state index in [9.17, 15) is 4.79 Å². The summed E-state index contributed by atoms with van der Waals surface area (Å²) in [5.41, 5.74) is 5.04. The number of hydrogen-bond acceptors (Lipinski definition) is 5. The van der Waals surface area contributed by atoms with Crippen LogP contribution in [0.25, 0.3) is 22.4 Å². The third-order valence-electron chi connectivity index (χ3n) is 6.07. The van der Waals surface area contributed by atoms with E-state index in [1.165, 1.54) is 5.56 Å². The number of aromatic nitrogens is 3. The van der Waals surface area contributed by atoms with Gasteiger partial charge in [0.2, 0.25) is 5.91 Å². The first-order valence-electron chi connectivity index (χ1n) is 10.9. The third-order valence-corrected chi connectivity index (χ3v) is 6.07. The van der Waals surface area contributed by atoms with Crippen molar-refractivity contribution in [1.82, 2.24) is 20.0 Å². The Morgan fingerprint density at radius 2 is 1.69 bits per heavy atom. The van der Waals surface area contributed by atoms with Crippen molar-refractivity contribution >= 4 is 5.91 Å². The number of benzene rings is 2. The second-order valence-corrected chi connectivity index (χ2v) is 8.09. The normalized spacial score (nSPS) is 14.4. The van der Waals surface area contributed by atoms with Crippen molar-refractivity contribution in [1.29, 1.82) is 0 Å². The SMILES string of the molecule is O=C(Cc1ccc(-c2ccccc2)cc1)N1CCC(c2oncc2-c2cnccn2)CC1. The topological polar surface area (TPSA) is 72.1 Å². The summed E-state index contributed by atoms with van der Waals surface area (Å²) in [6.45, 7) is 1.43. The highest BCUT2D eigenvalue weighted by Crippen LogP contribution is 2.34. The predicted molar refractivity (Wildman–Crippen MR) is 122 cm³/mol. The second-order valence-electron chi connectivity index (χ2n) is 8.09. The van der Waals surface area contributed by atoms with Crippen LogP contribution >= 0.6 is 0 Å². The Bertz CT molecular complexity index is 1170. The highest BCUT2D eigenvalue weighted by Gasteiger charge is 2.28. The van der Waals surface area contributed by atoms with Gasteiger partial charge < -0.3 is 9.42 Å². The van der Waals surface area contributed by atoms with Gasteiger partial charge in [-0.15, -0.1) is 0 Å². The molecule has 0 spiro atoms. The molecule has 0 N–H and O–H groups in total. The Hall–Kier alpha value is -3.80. The first-order valence-corrected chi connectivity index (χ1v) is 10.9. The van der Waals surface area contributed by atoms with Crippen molar-refractivity contribution in [2.75, 3.05) is 13.1 Å². The lowest BCUT2D eigenvalue weighted by Crippen LogP contribution is -2.38. The zero-order chi connectivity index (χ0) is 21.8. The lowest BCUT2D eigenvalue weighted by Gasteiger charge is -2.31. The van der Waals surface area contributed by atoms with E-state index in [2.05, 4.69) is 51.5 Å². The molecular weight excluding hydrogens is 400 g/mol. The Labute approximate surface area is 186 Å². The summed E-state index contributed by atoms with van der Waals surface area (Å²) in [4.78, 5) is 23.3. The van der Waals surface area contributed by atoms with Crippen LogP contribution in [0.3, 0.4) is 0 Å². The van der Waals surface area contributed by atoms with Gasteiger partial charge in [0, 0.05) is 31.4 Å². The van der Waals surface area contributed by atoms with Gasteiger partial charge in [-0.1, -0.05) is 59.8 Å². The minimum absolute atomic E-state index is 0.169. The highest BCUT2D eigenvalue weighted by atomic mass is 16.5. The lowest BCUT2D eigenvalue weighted by molar-refractivity contribution is -0.131. The summed E-state index contributed by atoms with van der Waals surface area (Å²) < 4.78 is 5.58. The summed E-state index contributed by atoms with van der Waals surface area (Å²) in [7, 11) is 0. The Balaban J connectivity index is 1.19. The maximum absolute atomic E-state index is 12.9. The van der Waals surface area contributed by atoms with Gasteiger partial charge in [-0.05, 0) is 29.5 Å². The Kier molecular flexibility index (Phi) is 5.75. The van der Waals surface area contributed by atoms with Crippen LogP contribution in [0, 0.1) is 0 Å². The molecule has 1 fully saturated rings. The summed E-state index contributed by atoms with van der Waals surface area (Å²) >= 11 is 0. The summed E-state index contributed by atoms with van der Waals surface area (Å²) in [5.74, 6) is 1.24. The average Bonchev–Trinajstić information content (AvgIpc) is 3.36. The molecule has 0 saturated carbocycles. The summed E-state index contributed by atoms with van der Waals surface area (Å²) in [6, 6.07) is 18.5. The molecule has 2 aromatic carbocycles. The van der Waals surface area contributed by atoms with Gasteiger partial charge in [-0.25, -0.2) is 0 Å². The van der Waals surface area contributed by atoms with Crippen LogP contribution in [-0.4, -0.2) is 39.0 Å². The molecule has 1 saturated heterocycles. The van der Waals surface area contributed by atoms with Crippen LogP contribution in [0.1, 0.15) is 30.1 Å². The highest BCUT2D eigenvalue weighted by molar-refractivity contribution is 5.79. The number of nitrogens with zero attached hydrogens (tertiary/aromatic N) is 4. The molecule has 32 heavy (non-hydrogen) atoms. The molecule has 4 aromatic rings. The van der Waals surface area contributed by atoms with Crippen LogP contribution in [-0.2, 0) is 11.2 Å². The van der Waals surface area contributed by atoms with Crippen LogP contribution in [0.5, 0.6) is 0 Å². The minimum atomic E-state index is 0.169. The first kappa shape index (κ1) is 20.1. The molecule has 160 valence electrons. The maximum Gasteiger partial charge on any atom is 0.226 e. The van der Waals surface area contributed by atoms with Gasteiger partial charge in [0.25, 0.3) is 0 Å². The molecule has 2 aromatic heterocycles. The fourth-order valence-electron chi connectivity index (χ4n) is 4.30. The van der Waals surface area contributed by atoms with E-state index in [-0.39, 0.29) is 11.8 Å². The van der Waals surface area contributed by atoms with E-state index in [1.54, 1.807) is 24.8 Å². The summed E-state index contributed by atoms with van der Waals surface area (Å²) in [6.07, 6.45) is 8.86. The van der Waals surface area contributed by atoms with Gasteiger partial charge in [-0.3, -0.25) is 14.8 Å². The number of hydrogen-bond donors (Lipinski definition) is 0. The molecule has 1 aliphatic rings. The van der Waals surface area contributed by atoms with Crippen molar-refractivity contribution in [3.63, 3.8) is 0 Å². The van der Waals surface area contributed by atoms with Gasteiger partial charge in [0.15, 0.2) is 0 Å². The second kappa shape index (κ2) is 9.14. The smallest absolute Gasteiger partial charge is 0.226 e. The first-order chi connectivity index (χ1) is 15.8. The number of carbonyl (C=O) groups excluding carboxylic acids is 1. The van der Waals surface area contributed by atoms with Crippen molar-refractivity contribution in [2.24, 2.45) is 0 Å². The van der Waals surface area contributed by atoms with E-state index in [1.807, 2.05) is 23.1 Å². The minimum Gasteiger partial charge on any atom is -0.360 e. The zero-order valence-electron chi connectivity index (χ0n) is 17.7. The third kappa shape index (κ3) is 4.30. The van der Waals surface area contributed by atoms with Crippen molar-refractivity contribution in [3.8, 4) is 22.4 Å². The Morgan fingerprint density at radius 1 is 0.938 bits per heavy atom. The predicted octanol–water partition coefficient (Wildman–Crippen LogP) is 4.75. The van der Waals surface area contributed by atoms with Crippen LogP contribution in [0.2, 0.25) is 0 Å². The molecular formula is C26H24N4O2. The number of amides is 1. The zero-order valence-corrected chi connectivity index (χ0v) is 17.7. The van der Waals surface area contributed by atoms with E-state index in [0.717, 1.165) is 41.0 Å². The molecule has 6 heteroatoms. The molecule has 0 radical (unpaired) electrons. The van der Waals surface area contributed by atoms with Gasteiger partial charge in [0.05, 0.1) is 30.1 Å². The standard InChI is InChI=1S/C26H24N4O2/c31-25(16-19-6-8-21(9-7-19)20-4-2-1-3-5-20)30-14-10-22(11-15-30)26-23(17-29-32-26)24-18-27-12-13-28-24/h1-9,12-13,17-18,22H,10-11,14-16H2. The fourth-order valence-corrected chi connectivity index (χ4v) is 4.30. The molecule has 0 unspecified atom stereocenters. The molecule has 1 amide bonds. The molecule has 3 heterocycles. The monoisotopic (exact) mass is 424 g/mol. The van der Waals surface area contributed by atoms with E-state index < -0.39 is 0 Å². The molecule has 1 aliphatic heterocycles. The lowest BCUT2D eigenvalue weighted by atomic mass is 9.91. The van der Waals surface area contributed by atoms with E-state index >= 15 is 0 Å².